The molecule has 0 amide bonds. The normalized spacial score (nSPS) is 11.1. The molecule has 138 valence electrons. The number of carbonyl (C=O) groups is 1. The van der Waals surface area contributed by atoms with Gasteiger partial charge in [0.25, 0.3) is 0 Å². The molecule has 0 aromatic heterocycles. The lowest BCUT2D eigenvalue weighted by Gasteiger charge is -2.12. The number of hydrogen-bond acceptors (Lipinski definition) is 2. The van der Waals surface area contributed by atoms with E-state index in [0.29, 0.717) is 6.61 Å². The van der Waals surface area contributed by atoms with Crippen molar-refractivity contribution in [2.45, 2.75) is 26.2 Å². The fraction of sp³-hybridized carbons (Fsp3) is 0.208. The van der Waals surface area contributed by atoms with Crippen LogP contribution in [0.15, 0.2) is 66.7 Å². The molecule has 0 aliphatic rings. The topological polar surface area (TPSA) is 46.5 Å². The minimum Gasteiger partial charge on any atom is -0.493 e. The molecule has 3 nitrogen and oxygen atoms in total. The maximum atomic E-state index is 10.8. The highest BCUT2D eigenvalue weighted by Gasteiger charge is 2.07. The third-order valence-electron chi connectivity index (χ3n) is 4.47. The fourth-order valence-corrected chi connectivity index (χ4v) is 3.09. The number of hydrogen-bond donors (Lipinski definition) is 1. The Morgan fingerprint density at radius 2 is 1.85 bits per heavy atom. The van der Waals surface area contributed by atoms with Crippen molar-refractivity contribution < 1.29 is 14.6 Å². The van der Waals surface area contributed by atoms with Crippen LogP contribution in [0.2, 0.25) is 0 Å². The van der Waals surface area contributed by atoms with Gasteiger partial charge in [0.15, 0.2) is 0 Å². The van der Waals surface area contributed by atoms with Crippen molar-refractivity contribution in [1.29, 1.82) is 0 Å². The van der Waals surface area contributed by atoms with Crippen molar-refractivity contribution in [2.24, 2.45) is 0 Å². The van der Waals surface area contributed by atoms with Crippen molar-refractivity contribution in [1.82, 2.24) is 0 Å². The van der Waals surface area contributed by atoms with Gasteiger partial charge >= 0.3 is 5.97 Å². The van der Waals surface area contributed by atoms with Crippen molar-refractivity contribution in [3.05, 3.63) is 72.3 Å². The molecular weight excluding hydrogens is 336 g/mol. The molecule has 0 radical (unpaired) electrons. The molecule has 27 heavy (non-hydrogen) atoms. The Balaban J connectivity index is 1.97. The molecule has 1 N–H and O–H groups in total. The van der Waals surface area contributed by atoms with Crippen LogP contribution in [-0.4, -0.2) is 17.7 Å². The zero-order chi connectivity index (χ0) is 19.1. The van der Waals surface area contributed by atoms with Crippen molar-refractivity contribution in [3.63, 3.8) is 0 Å². The molecule has 0 saturated heterocycles. The molecule has 0 heterocycles. The molecule has 0 fully saturated rings. The van der Waals surface area contributed by atoms with Crippen molar-refractivity contribution in [3.8, 4) is 16.9 Å². The van der Waals surface area contributed by atoms with E-state index in [1.807, 2.05) is 36.4 Å². The Morgan fingerprint density at radius 1 is 1.00 bits per heavy atom. The number of carboxylic acid groups (broad SMARTS) is 1. The minimum absolute atomic E-state index is 0.711. The van der Waals surface area contributed by atoms with E-state index in [1.54, 1.807) is 6.08 Å². The Hall–Kier alpha value is -3.07. The molecule has 0 aliphatic heterocycles. The summed E-state index contributed by atoms with van der Waals surface area (Å²) in [5.41, 5.74) is 2.95. The highest BCUT2D eigenvalue weighted by Crippen LogP contribution is 2.33. The Labute approximate surface area is 159 Å². The predicted octanol–water partition coefficient (Wildman–Crippen LogP) is 6.17. The number of fused-ring (bicyclic) bond motifs is 1. The second-order valence-electron chi connectivity index (χ2n) is 6.55. The summed E-state index contributed by atoms with van der Waals surface area (Å²) in [5, 5.41) is 11.1. The average Bonchev–Trinajstić information content (AvgIpc) is 2.69. The largest absolute Gasteiger partial charge is 0.493 e. The third-order valence-corrected chi connectivity index (χ3v) is 4.47. The van der Waals surface area contributed by atoms with Crippen LogP contribution >= 0.6 is 0 Å². The van der Waals surface area contributed by atoms with Crippen LogP contribution in [0.4, 0.5) is 0 Å². The Kier molecular flexibility index (Phi) is 6.26. The van der Waals surface area contributed by atoms with Gasteiger partial charge in [0.1, 0.15) is 5.75 Å². The fourth-order valence-electron chi connectivity index (χ4n) is 3.09. The standard InChI is InChI=1S/C24H24O3/c1-2-3-6-14-27-23-17-21(16-20-9-4-5-11-22(20)23)19-10-7-8-18(15-19)12-13-24(25)26/h4-5,7-13,15-17H,2-3,6,14H2,1H3,(H,25,26). The number of benzene rings is 3. The van der Waals surface area contributed by atoms with Gasteiger partial charge in [0.2, 0.25) is 0 Å². The van der Waals surface area contributed by atoms with Gasteiger partial charge in [-0.15, -0.1) is 0 Å². The van der Waals surface area contributed by atoms with Crippen LogP contribution in [0.25, 0.3) is 28.0 Å². The van der Waals surface area contributed by atoms with E-state index in [9.17, 15) is 4.79 Å². The van der Waals surface area contributed by atoms with Crippen LogP contribution in [0.5, 0.6) is 5.75 Å². The first kappa shape index (κ1) is 18.7. The first-order chi connectivity index (χ1) is 13.2. The Bertz CT molecular complexity index is 957. The number of ether oxygens (including phenoxy) is 1. The van der Waals surface area contributed by atoms with E-state index in [2.05, 4.69) is 31.2 Å². The molecule has 0 saturated carbocycles. The predicted molar refractivity (Wildman–Crippen MR) is 111 cm³/mol. The second kappa shape index (κ2) is 9.04. The van der Waals surface area contributed by atoms with Gasteiger partial charge in [-0.2, -0.15) is 0 Å². The summed E-state index contributed by atoms with van der Waals surface area (Å²) < 4.78 is 6.10. The lowest BCUT2D eigenvalue weighted by Crippen LogP contribution is -1.98. The molecule has 3 rings (SSSR count). The van der Waals surface area contributed by atoms with E-state index < -0.39 is 5.97 Å². The van der Waals surface area contributed by atoms with E-state index >= 15 is 0 Å². The van der Waals surface area contributed by atoms with Crippen molar-refractivity contribution >= 4 is 22.8 Å². The van der Waals surface area contributed by atoms with E-state index in [0.717, 1.165) is 52.1 Å². The summed E-state index contributed by atoms with van der Waals surface area (Å²) >= 11 is 0. The molecule has 0 atom stereocenters. The molecule has 0 bridgehead atoms. The van der Waals surface area contributed by atoms with Crippen LogP contribution in [0.1, 0.15) is 31.7 Å². The first-order valence-electron chi connectivity index (χ1n) is 9.34. The van der Waals surface area contributed by atoms with E-state index in [4.69, 9.17) is 9.84 Å². The number of unbranched alkanes of at least 4 members (excludes halogenated alkanes) is 2. The summed E-state index contributed by atoms with van der Waals surface area (Å²) in [5.74, 6) is -0.0560. The van der Waals surface area contributed by atoms with Gasteiger partial charge in [-0.1, -0.05) is 62.2 Å². The first-order valence-corrected chi connectivity index (χ1v) is 9.34. The Morgan fingerprint density at radius 3 is 2.67 bits per heavy atom. The SMILES string of the molecule is CCCCCOc1cc(-c2cccc(C=CC(=O)O)c2)cc2ccccc12. The van der Waals surface area contributed by atoms with E-state index in [-0.39, 0.29) is 0 Å². The second-order valence-corrected chi connectivity index (χ2v) is 6.55. The summed E-state index contributed by atoms with van der Waals surface area (Å²) in [6, 6.07) is 20.3. The maximum Gasteiger partial charge on any atom is 0.328 e. The van der Waals surface area contributed by atoms with Gasteiger partial charge in [-0.3, -0.25) is 0 Å². The van der Waals surface area contributed by atoms with Crippen molar-refractivity contribution in [2.75, 3.05) is 6.61 Å². The van der Waals surface area contributed by atoms with Crippen LogP contribution in [-0.2, 0) is 4.79 Å². The monoisotopic (exact) mass is 360 g/mol. The van der Waals surface area contributed by atoms with Gasteiger partial charge < -0.3 is 9.84 Å². The number of aliphatic carboxylic acids is 1. The number of carboxylic acids is 1. The molecule has 3 heteroatoms. The molecule has 3 aromatic rings. The quantitative estimate of drug-likeness (QED) is 0.386. The smallest absolute Gasteiger partial charge is 0.328 e. The summed E-state index contributed by atoms with van der Waals surface area (Å²) in [6.07, 6.45) is 6.14. The molecule has 0 aliphatic carbocycles. The molecule has 0 unspecified atom stereocenters. The molecule has 3 aromatic carbocycles. The van der Waals surface area contributed by atoms with Crippen LogP contribution < -0.4 is 4.74 Å². The van der Waals surface area contributed by atoms with E-state index in [1.165, 1.54) is 6.42 Å². The lowest BCUT2D eigenvalue weighted by molar-refractivity contribution is -0.131. The molecule has 0 spiro atoms. The zero-order valence-electron chi connectivity index (χ0n) is 15.5. The summed E-state index contributed by atoms with van der Waals surface area (Å²) in [7, 11) is 0. The summed E-state index contributed by atoms with van der Waals surface area (Å²) in [4.78, 5) is 10.8. The van der Waals surface area contributed by atoms with Gasteiger partial charge in [-0.25, -0.2) is 4.79 Å². The highest BCUT2D eigenvalue weighted by atomic mass is 16.5. The van der Waals surface area contributed by atoms with Gasteiger partial charge in [-0.05, 0) is 52.8 Å². The zero-order valence-corrected chi connectivity index (χ0v) is 15.5. The third kappa shape index (κ3) is 4.98. The van der Waals surface area contributed by atoms with Gasteiger partial charge in [0.05, 0.1) is 6.61 Å². The lowest BCUT2D eigenvalue weighted by atomic mass is 9.99. The molecular formula is C24H24O3. The maximum absolute atomic E-state index is 10.8. The number of rotatable bonds is 8. The minimum atomic E-state index is -0.950. The van der Waals surface area contributed by atoms with Crippen LogP contribution in [0.3, 0.4) is 0 Å². The summed E-state index contributed by atoms with van der Waals surface area (Å²) in [6.45, 7) is 2.89. The van der Waals surface area contributed by atoms with Gasteiger partial charge in [0, 0.05) is 11.5 Å². The highest BCUT2D eigenvalue weighted by molar-refractivity contribution is 5.93. The average molecular weight is 360 g/mol. The van der Waals surface area contributed by atoms with Crippen LogP contribution in [0, 0.1) is 0 Å².